The van der Waals surface area contributed by atoms with Gasteiger partial charge in [0, 0.05) is 12.1 Å². The number of pyridine rings is 1. The molecule has 0 N–H and O–H groups in total. The fourth-order valence-electron chi connectivity index (χ4n) is 4.09. The number of halogens is 1. The number of benzene rings is 2. The Labute approximate surface area is 186 Å². The number of rotatable bonds is 5. The van der Waals surface area contributed by atoms with Crippen LogP contribution in [0.5, 0.6) is 0 Å². The van der Waals surface area contributed by atoms with Crippen LogP contribution in [0.2, 0.25) is 0 Å². The van der Waals surface area contributed by atoms with Crippen LogP contribution in [-0.4, -0.2) is 29.1 Å². The van der Waals surface area contributed by atoms with Crippen molar-refractivity contribution in [2.45, 2.75) is 38.0 Å². The maximum Gasteiger partial charge on any atom is 0.410 e. The summed E-state index contributed by atoms with van der Waals surface area (Å²) in [5.41, 5.74) is 3.36. The number of carbonyl (C=O) groups excluding carboxylic acids is 1. The van der Waals surface area contributed by atoms with Gasteiger partial charge in [-0.15, -0.1) is 0 Å². The molecule has 2 atom stereocenters. The maximum atomic E-state index is 13.5. The lowest BCUT2D eigenvalue weighted by atomic mass is 9.79. The fourth-order valence-corrected chi connectivity index (χ4v) is 4.09. The molecule has 0 bridgehead atoms. The Balaban J connectivity index is 1.44. The smallest absolute Gasteiger partial charge is 0.410 e. The van der Waals surface area contributed by atoms with Gasteiger partial charge in [-0.2, -0.15) is 0 Å². The molecule has 6 heteroatoms. The first-order valence-electron chi connectivity index (χ1n) is 10.8. The number of hydrogen-bond donors (Lipinski definition) is 0. The van der Waals surface area contributed by atoms with E-state index in [0.29, 0.717) is 13.2 Å². The Bertz CT molecular complexity index is 1150. The molecule has 1 aromatic heterocycles. The van der Waals surface area contributed by atoms with Crippen LogP contribution in [0.4, 0.5) is 9.18 Å². The van der Waals surface area contributed by atoms with E-state index in [1.807, 2.05) is 56.3 Å². The largest absolute Gasteiger partial charge is 0.445 e. The van der Waals surface area contributed by atoms with Crippen molar-refractivity contribution in [3.05, 3.63) is 89.4 Å². The van der Waals surface area contributed by atoms with Crippen molar-refractivity contribution >= 4 is 6.09 Å². The highest BCUT2D eigenvalue weighted by Gasteiger charge is 2.48. The number of nitrogens with zero attached hydrogens (tertiary/aromatic N) is 2. The molecule has 3 heterocycles. The summed E-state index contributed by atoms with van der Waals surface area (Å²) in [5, 5.41) is 0. The number of epoxide rings is 1. The van der Waals surface area contributed by atoms with Gasteiger partial charge in [0.15, 0.2) is 0 Å². The zero-order chi connectivity index (χ0) is 22.3. The minimum absolute atomic E-state index is 0.237. The predicted molar refractivity (Wildman–Crippen MR) is 118 cm³/mol. The molecule has 2 saturated heterocycles. The monoisotopic (exact) mass is 432 g/mol. The summed E-state index contributed by atoms with van der Waals surface area (Å²) in [7, 11) is 0. The highest BCUT2D eigenvalue weighted by atomic mass is 19.1. The van der Waals surface area contributed by atoms with Gasteiger partial charge in [0.05, 0.1) is 23.5 Å². The predicted octanol–water partition coefficient (Wildman–Crippen LogP) is 5.39. The van der Waals surface area contributed by atoms with Gasteiger partial charge in [0.25, 0.3) is 0 Å². The molecule has 2 aliphatic rings. The Hall–Kier alpha value is -3.25. The quantitative estimate of drug-likeness (QED) is 0.507. The Morgan fingerprint density at radius 1 is 1.12 bits per heavy atom. The van der Waals surface area contributed by atoms with E-state index in [2.05, 4.69) is 0 Å². The van der Waals surface area contributed by atoms with Gasteiger partial charge in [0.2, 0.25) is 0 Å². The van der Waals surface area contributed by atoms with Gasteiger partial charge in [-0.05, 0) is 67.8 Å². The van der Waals surface area contributed by atoms with E-state index in [1.165, 1.54) is 12.1 Å². The van der Waals surface area contributed by atoms with Crippen LogP contribution in [0.15, 0.2) is 66.7 Å². The summed E-state index contributed by atoms with van der Waals surface area (Å²) in [5.74, 6) is -0.291. The number of likely N-dealkylation sites (tertiary alicyclic amines) is 1. The normalized spacial score (nSPS) is 24.0. The Morgan fingerprint density at radius 3 is 2.47 bits per heavy atom. The molecule has 5 rings (SSSR count). The topological polar surface area (TPSA) is 55.0 Å². The average molecular weight is 432 g/mol. The Kier molecular flexibility index (Phi) is 4.97. The zero-order valence-electron chi connectivity index (χ0n) is 18.2. The minimum Gasteiger partial charge on any atom is -0.445 e. The van der Waals surface area contributed by atoms with Crippen molar-refractivity contribution in [3.8, 4) is 11.3 Å². The molecular weight excluding hydrogens is 407 g/mol. The van der Waals surface area contributed by atoms with Crippen molar-refractivity contribution in [2.24, 2.45) is 0 Å². The highest BCUT2D eigenvalue weighted by molar-refractivity contribution is 5.71. The van der Waals surface area contributed by atoms with Crippen molar-refractivity contribution in [2.75, 3.05) is 13.2 Å². The third kappa shape index (κ3) is 3.75. The Morgan fingerprint density at radius 2 is 1.84 bits per heavy atom. The third-order valence-electron chi connectivity index (χ3n) is 6.55. The molecule has 2 aromatic carbocycles. The second-order valence-corrected chi connectivity index (χ2v) is 8.87. The van der Waals surface area contributed by atoms with Crippen LogP contribution in [0.1, 0.15) is 37.1 Å². The lowest BCUT2D eigenvalue weighted by Gasteiger charge is -2.50. The van der Waals surface area contributed by atoms with Crippen LogP contribution in [-0.2, 0) is 27.2 Å². The number of carbonyl (C=O) groups is 1. The standard InChI is InChI=1S/C26H25FN2O3/c1-25(12-13-29(25)24(30)31-16-18-6-4-3-5-7-18)20-14-22(19-8-10-21(27)11-9-19)28-23(15-20)26(2)17-32-26/h3-11,14-15H,12-13,16-17H2,1-2H3/t25-,26-/m0/s1. The highest BCUT2D eigenvalue weighted by Crippen LogP contribution is 2.45. The fraction of sp³-hybridized carbons (Fsp3) is 0.308. The molecule has 3 aromatic rings. The van der Waals surface area contributed by atoms with E-state index in [9.17, 15) is 9.18 Å². The number of amides is 1. The van der Waals surface area contributed by atoms with Gasteiger partial charge in [0.1, 0.15) is 18.0 Å². The third-order valence-corrected chi connectivity index (χ3v) is 6.55. The summed E-state index contributed by atoms with van der Waals surface area (Å²) in [6.07, 6.45) is 0.482. The van der Waals surface area contributed by atoms with E-state index in [1.54, 1.807) is 17.0 Å². The number of ether oxygens (including phenoxy) is 2. The summed E-state index contributed by atoms with van der Waals surface area (Å²) in [6, 6.07) is 19.9. The van der Waals surface area contributed by atoms with E-state index in [0.717, 1.165) is 34.5 Å². The van der Waals surface area contributed by atoms with Crippen LogP contribution in [0.25, 0.3) is 11.3 Å². The summed E-state index contributed by atoms with van der Waals surface area (Å²) in [4.78, 5) is 19.5. The molecule has 164 valence electrons. The van der Waals surface area contributed by atoms with Gasteiger partial charge in [-0.3, -0.25) is 4.90 Å². The molecule has 0 radical (unpaired) electrons. The lowest BCUT2D eigenvalue weighted by molar-refractivity contribution is -0.00987. The van der Waals surface area contributed by atoms with Gasteiger partial charge >= 0.3 is 6.09 Å². The van der Waals surface area contributed by atoms with Gasteiger partial charge in [-0.25, -0.2) is 14.2 Å². The van der Waals surface area contributed by atoms with Crippen molar-refractivity contribution in [3.63, 3.8) is 0 Å². The van der Waals surface area contributed by atoms with E-state index in [-0.39, 0.29) is 18.5 Å². The van der Waals surface area contributed by atoms with Crippen molar-refractivity contribution in [1.82, 2.24) is 9.88 Å². The molecule has 5 nitrogen and oxygen atoms in total. The van der Waals surface area contributed by atoms with Gasteiger partial charge in [-0.1, -0.05) is 30.3 Å². The SMILES string of the molecule is C[C@@]1(c2cc(-c3ccc(F)cc3)nc([C@]3(C)CO3)c2)CCN1C(=O)OCc1ccccc1. The first-order chi connectivity index (χ1) is 15.4. The zero-order valence-corrected chi connectivity index (χ0v) is 18.2. The summed E-state index contributed by atoms with van der Waals surface area (Å²) in [6.45, 7) is 5.51. The van der Waals surface area contributed by atoms with Crippen molar-refractivity contribution in [1.29, 1.82) is 0 Å². The van der Waals surface area contributed by atoms with Crippen molar-refractivity contribution < 1.29 is 18.7 Å². The van der Waals surface area contributed by atoms with E-state index < -0.39 is 11.1 Å². The van der Waals surface area contributed by atoms with Crippen LogP contribution in [0.3, 0.4) is 0 Å². The van der Waals surface area contributed by atoms with E-state index in [4.69, 9.17) is 14.5 Å². The lowest BCUT2D eigenvalue weighted by Crippen LogP contribution is -2.58. The van der Waals surface area contributed by atoms with Crippen LogP contribution < -0.4 is 0 Å². The molecule has 0 spiro atoms. The number of aromatic nitrogens is 1. The van der Waals surface area contributed by atoms with Crippen LogP contribution in [0, 0.1) is 5.82 Å². The molecule has 0 saturated carbocycles. The molecular formula is C26H25FN2O3. The molecule has 0 aliphatic carbocycles. The first-order valence-corrected chi connectivity index (χ1v) is 10.8. The number of hydrogen-bond acceptors (Lipinski definition) is 4. The second-order valence-electron chi connectivity index (χ2n) is 8.87. The maximum absolute atomic E-state index is 13.5. The first kappa shape index (κ1) is 20.6. The second kappa shape index (κ2) is 7.71. The molecule has 2 aliphatic heterocycles. The average Bonchev–Trinajstić information content (AvgIpc) is 3.56. The van der Waals surface area contributed by atoms with Crippen LogP contribution >= 0.6 is 0 Å². The van der Waals surface area contributed by atoms with E-state index >= 15 is 0 Å². The van der Waals surface area contributed by atoms with Gasteiger partial charge < -0.3 is 9.47 Å². The molecule has 32 heavy (non-hydrogen) atoms. The summed E-state index contributed by atoms with van der Waals surface area (Å²) < 4.78 is 24.7. The molecule has 0 unspecified atom stereocenters. The minimum atomic E-state index is -0.508. The molecule has 2 fully saturated rings. The summed E-state index contributed by atoms with van der Waals surface area (Å²) >= 11 is 0. The molecule has 1 amide bonds.